The number of nitrogens with zero attached hydrogens (tertiary/aromatic N) is 1. The summed E-state index contributed by atoms with van der Waals surface area (Å²) in [6.07, 6.45) is 4.04. The lowest BCUT2D eigenvalue weighted by atomic mass is 9.99. The van der Waals surface area contributed by atoms with Crippen molar-refractivity contribution < 1.29 is 34.4 Å². The van der Waals surface area contributed by atoms with Crippen LogP contribution in [0.25, 0.3) is 22.3 Å². The van der Waals surface area contributed by atoms with Gasteiger partial charge in [-0.15, -0.1) is 10.8 Å². The van der Waals surface area contributed by atoms with Gasteiger partial charge in [-0.25, -0.2) is 39.0 Å². The van der Waals surface area contributed by atoms with Crippen LogP contribution < -0.4 is 9.44 Å². The molecule has 2 aliphatic carbocycles. The lowest BCUT2D eigenvalue weighted by Crippen LogP contribution is -2.39. The molecule has 4 N–H and O–H groups in total. The van der Waals surface area contributed by atoms with Crippen LogP contribution in [-0.2, 0) is 61.3 Å². The molecule has 0 aliphatic heterocycles. The average molecular weight is 832 g/mol. The third-order valence-corrected chi connectivity index (χ3v) is 16.4. The van der Waals surface area contributed by atoms with Crippen LogP contribution >= 0.6 is 10.8 Å². The summed E-state index contributed by atoms with van der Waals surface area (Å²) in [5.74, 6) is 0.0187. The van der Waals surface area contributed by atoms with E-state index in [-0.39, 0.29) is 28.0 Å². The molecule has 0 radical (unpaired) electrons. The van der Waals surface area contributed by atoms with E-state index in [0.29, 0.717) is 19.3 Å². The van der Waals surface area contributed by atoms with E-state index in [1.54, 1.807) is 45.9 Å². The molecule has 0 amide bonds. The van der Waals surface area contributed by atoms with Crippen LogP contribution in [0.15, 0.2) is 89.8 Å². The summed E-state index contributed by atoms with van der Waals surface area (Å²) in [5, 5.41) is -0.692. The molecule has 4 aromatic carbocycles. The molecule has 11 nitrogen and oxygen atoms in total. The van der Waals surface area contributed by atoms with Crippen molar-refractivity contribution in [3.63, 3.8) is 0 Å². The van der Waals surface area contributed by atoms with Crippen molar-refractivity contribution in [3.05, 3.63) is 113 Å². The first kappa shape index (κ1) is 43.0. The number of hydrogen-bond acceptors (Lipinski definition) is 9. The van der Waals surface area contributed by atoms with E-state index in [4.69, 9.17) is 0 Å². The van der Waals surface area contributed by atoms with Crippen molar-refractivity contribution in [2.24, 2.45) is 0 Å². The third-order valence-electron chi connectivity index (χ3n) is 9.86. The smallest absolute Gasteiger partial charge is 0.242 e. The molecule has 2 aliphatic rings. The zero-order valence-electron chi connectivity index (χ0n) is 32.4. The summed E-state index contributed by atoms with van der Waals surface area (Å²) < 4.78 is 99.5. The molecule has 55 heavy (non-hydrogen) atoms. The van der Waals surface area contributed by atoms with Crippen LogP contribution in [0, 0.1) is 0 Å². The Morgan fingerprint density at radius 2 is 1.09 bits per heavy atom. The molecule has 0 heterocycles. The van der Waals surface area contributed by atoms with Crippen LogP contribution in [0.2, 0.25) is 0 Å². The maximum absolute atomic E-state index is 12.4. The standard InChI is InChI=1S/C20H28N2O4S2.C20H25NO4S2/c1-14(2)27(23,24)21-19-11-17-9-8-16(10-18(17)12-19)15-6-5-7-20(13-15)28(25,26)22(3)4;1-14(2)27(24,25)21-20-11-18-8-7-17(10-19(18)12-20)16-6-4-5-15(9-16)13-26(3,22)23/h5-10,13-14,19,21,23-24H,11-12H2,1-4H3;4-10,14,20-21H,11-13H2,1-3H3. The number of rotatable bonds is 12. The number of sulfonamides is 2. The highest BCUT2D eigenvalue weighted by molar-refractivity contribution is 8.23. The lowest BCUT2D eigenvalue weighted by molar-refractivity contribution is 0.444. The molecular formula is C40H53N3O8S4. The molecule has 0 spiro atoms. The molecule has 0 saturated carbocycles. The van der Waals surface area contributed by atoms with Crippen molar-refractivity contribution in [2.45, 2.75) is 86.6 Å². The quantitative estimate of drug-likeness (QED) is 0.126. The first-order valence-electron chi connectivity index (χ1n) is 18.1. The third kappa shape index (κ3) is 10.8. The topological polar surface area (TPSA) is 170 Å². The van der Waals surface area contributed by atoms with Gasteiger partial charge in [0.25, 0.3) is 0 Å². The minimum absolute atomic E-state index is 0.0156. The molecule has 15 heteroatoms. The van der Waals surface area contributed by atoms with Crippen molar-refractivity contribution in [2.75, 3.05) is 20.4 Å². The van der Waals surface area contributed by atoms with Gasteiger partial charge in [-0.1, -0.05) is 72.8 Å². The summed E-state index contributed by atoms with van der Waals surface area (Å²) >= 11 is 0. The molecule has 0 fully saturated rings. The number of nitrogens with one attached hydrogen (secondary N) is 2. The maximum Gasteiger partial charge on any atom is 0.242 e. The summed E-state index contributed by atoms with van der Waals surface area (Å²) in [7, 11) is -9.63. The molecule has 2 unspecified atom stereocenters. The zero-order chi connectivity index (χ0) is 40.5. The Morgan fingerprint density at radius 3 is 1.58 bits per heavy atom. The normalized spacial score (nSPS) is 17.6. The fraction of sp³-hybridized carbons (Fsp3) is 0.400. The van der Waals surface area contributed by atoms with E-state index >= 15 is 0 Å². The summed E-state index contributed by atoms with van der Waals surface area (Å²) in [6, 6.07) is 26.6. The van der Waals surface area contributed by atoms with Crippen molar-refractivity contribution in [3.8, 4) is 22.3 Å². The molecule has 0 bridgehead atoms. The Kier molecular flexibility index (Phi) is 13.1. The monoisotopic (exact) mass is 831 g/mol. The van der Waals surface area contributed by atoms with Gasteiger partial charge in [0, 0.05) is 32.4 Å². The molecule has 0 saturated heterocycles. The Balaban J connectivity index is 0.000000211. The predicted molar refractivity (Wildman–Crippen MR) is 224 cm³/mol. The Hall–Kier alpha value is -3.12. The van der Waals surface area contributed by atoms with Crippen LogP contribution in [0.1, 0.15) is 55.5 Å². The van der Waals surface area contributed by atoms with E-state index in [1.165, 1.54) is 30.2 Å². The van der Waals surface area contributed by atoms with Crippen LogP contribution in [0.3, 0.4) is 0 Å². The van der Waals surface area contributed by atoms with Gasteiger partial charge < -0.3 is 0 Å². The molecule has 6 rings (SSSR count). The Morgan fingerprint density at radius 1 is 0.618 bits per heavy atom. The first-order valence-corrected chi connectivity index (χ1v) is 24.8. The van der Waals surface area contributed by atoms with E-state index in [1.807, 2.05) is 54.6 Å². The highest BCUT2D eigenvalue weighted by atomic mass is 32.3. The highest BCUT2D eigenvalue weighted by Crippen LogP contribution is 2.42. The predicted octanol–water partition coefficient (Wildman–Crippen LogP) is 6.43. The zero-order valence-corrected chi connectivity index (χ0v) is 35.6. The van der Waals surface area contributed by atoms with Gasteiger partial charge in [-0.2, -0.15) is 0 Å². The lowest BCUT2D eigenvalue weighted by Gasteiger charge is -2.39. The summed E-state index contributed by atoms with van der Waals surface area (Å²) in [5.41, 5.74) is 9.14. The number of sulfone groups is 1. The van der Waals surface area contributed by atoms with E-state index < -0.39 is 45.9 Å². The largest absolute Gasteiger partial charge is 0.285 e. The highest BCUT2D eigenvalue weighted by Gasteiger charge is 2.29. The second kappa shape index (κ2) is 16.8. The van der Waals surface area contributed by atoms with E-state index in [2.05, 4.69) is 21.6 Å². The minimum atomic E-state index is -3.49. The Bertz CT molecular complexity index is 2360. The second-order valence-corrected chi connectivity index (χ2v) is 24.2. The van der Waals surface area contributed by atoms with Crippen LogP contribution in [-0.4, -0.2) is 81.6 Å². The van der Waals surface area contributed by atoms with Gasteiger partial charge >= 0.3 is 0 Å². The first-order chi connectivity index (χ1) is 25.5. The van der Waals surface area contributed by atoms with Gasteiger partial charge in [0.1, 0.15) is 0 Å². The SMILES string of the molecule is CC(C)S(=O)(=O)NC1Cc2ccc(-c3cccc(CS(C)(=O)=O)c3)cc2C1.CC(C)S(O)(O)NC1Cc2ccc(-c3cccc(S(=O)(=O)N(C)C)c3)cc2C1. The van der Waals surface area contributed by atoms with E-state index in [9.17, 15) is 34.4 Å². The number of benzene rings is 4. The molecule has 4 aromatic rings. The van der Waals surface area contributed by atoms with Crippen LogP contribution in [0.4, 0.5) is 0 Å². The van der Waals surface area contributed by atoms with Gasteiger partial charge in [0.05, 0.1) is 21.1 Å². The number of hydrogen-bond donors (Lipinski definition) is 4. The van der Waals surface area contributed by atoms with E-state index in [0.717, 1.165) is 50.9 Å². The van der Waals surface area contributed by atoms with Gasteiger partial charge in [-0.3, -0.25) is 9.11 Å². The minimum Gasteiger partial charge on any atom is -0.285 e. The van der Waals surface area contributed by atoms with Gasteiger partial charge in [0.2, 0.25) is 20.0 Å². The molecule has 300 valence electrons. The second-order valence-electron chi connectivity index (χ2n) is 15.2. The van der Waals surface area contributed by atoms with Crippen molar-refractivity contribution in [1.29, 1.82) is 0 Å². The Labute approximate surface area is 329 Å². The molecular weight excluding hydrogens is 779 g/mol. The van der Waals surface area contributed by atoms with Crippen molar-refractivity contribution in [1.82, 2.24) is 13.7 Å². The fourth-order valence-corrected chi connectivity index (χ4v) is 10.3. The fourth-order valence-electron chi connectivity index (χ4n) is 6.70. The molecule has 2 atom stereocenters. The van der Waals surface area contributed by atoms with Crippen LogP contribution in [0.5, 0.6) is 0 Å². The maximum atomic E-state index is 12.4. The molecule has 0 aromatic heterocycles. The summed E-state index contributed by atoms with van der Waals surface area (Å²) in [4.78, 5) is 0.265. The van der Waals surface area contributed by atoms with Gasteiger partial charge in [0.15, 0.2) is 9.84 Å². The number of fused-ring (bicyclic) bond motifs is 2. The summed E-state index contributed by atoms with van der Waals surface area (Å²) in [6.45, 7) is 6.92. The average Bonchev–Trinajstić information content (AvgIpc) is 3.68. The van der Waals surface area contributed by atoms with Gasteiger partial charge in [-0.05, 0) is 116 Å². The van der Waals surface area contributed by atoms with Crippen molar-refractivity contribution >= 4 is 40.7 Å².